The SMILES string of the molecule is CC.CSc1ccc(Oc2ccc(-n3ccnc3)cc2CN(C)C)cc1. The third-order valence-electron chi connectivity index (χ3n) is 3.62. The summed E-state index contributed by atoms with van der Waals surface area (Å²) in [6.07, 6.45) is 7.59. The predicted molar refractivity (Wildman–Crippen MR) is 111 cm³/mol. The summed E-state index contributed by atoms with van der Waals surface area (Å²) in [5, 5.41) is 0. The number of imidazole rings is 1. The van der Waals surface area contributed by atoms with Crippen LogP contribution in [0.5, 0.6) is 11.5 Å². The lowest BCUT2D eigenvalue weighted by molar-refractivity contribution is 0.388. The van der Waals surface area contributed by atoms with Crippen LogP contribution in [0, 0.1) is 0 Å². The van der Waals surface area contributed by atoms with E-state index in [4.69, 9.17) is 4.74 Å². The molecule has 0 N–H and O–H groups in total. The molecule has 0 saturated carbocycles. The van der Waals surface area contributed by atoms with Gasteiger partial charge in [-0.1, -0.05) is 13.8 Å². The first-order chi connectivity index (χ1) is 12.7. The molecular formula is C21H27N3OS. The number of nitrogens with zero attached hydrogens (tertiary/aromatic N) is 3. The van der Waals surface area contributed by atoms with Crippen molar-refractivity contribution in [3.05, 3.63) is 66.7 Å². The number of rotatable bonds is 6. The molecular weight excluding hydrogens is 342 g/mol. The first-order valence-corrected chi connectivity index (χ1v) is 9.96. The number of hydrogen-bond acceptors (Lipinski definition) is 4. The van der Waals surface area contributed by atoms with Crippen molar-refractivity contribution in [1.82, 2.24) is 14.5 Å². The third kappa shape index (κ3) is 5.38. The van der Waals surface area contributed by atoms with Gasteiger partial charge in [0.25, 0.3) is 0 Å². The van der Waals surface area contributed by atoms with E-state index >= 15 is 0 Å². The molecule has 4 nitrogen and oxygen atoms in total. The lowest BCUT2D eigenvalue weighted by Gasteiger charge is -2.16. The van der Waals surface area contributed by atoms with Crippen LogP contribution in [0.1, 0.15) is 19.4 Å². The van der Waals surface area contributed by atoms with Crippen LogP contribution in [-0.4, -0.2) is 34.8 Å². The first-order valence-electron chi connectivity index (χ1n) is 8.73. The molecule has 0 aliphatic heterocycles. The van der Waals surface area contributed by atoms with Gasteiger partial charge in [-0.2, -0.15) is 0 Å². The molecule has 3 rings (SSSR count). The summed E-state index contributed by atoms with van der Waals surface area (Å²) in [6, 6.07) is 14.4. The van der Waals surface area contributed by atoms with Crippen molar-refractivity contribution in [3.8, 4) is 17.2 Å². The molecule has 5 heteroatoms. The molecule has 0 aliphatic rings. The van der Waals surface area contributed by atoms with Crippen LogP contribution < -0.4 is 4.74 Å². The molecule has 1 aromatic heterocycles. The molecule has 0 aliphatic carbocycles. The molecule has 2 aromatic carbocycles. The molecule has 0 spiro atoms. The van der Waals surface area contributed by atoms with Crippen molar-refractivity contribution in [2.24, 2.45) is 0 Å². The van der Waals surface area contributed by atoms with Crippen molar-refractivity contribution in [2.45, 2.75) is 25.3 Å². The zero-order chi connectivity index (χ0) is 18.9. The summed E-state index contributed by atoms with van der Waals surface area (Å²) >= 11 is 1.72. The van der Waals surface area contributed by atoms with Gasteiger partial charge in [0.2, 0.25) is 0 Å². The molecule has 0 unspecified atom stereocenters. The zero-order valence-corrected chi connectivity index (χ0v) is 17.0. The first kappa shape index (κ1) is 20.1. The van der Waals surface area contributed by atoms with Crippen LogP contribution in [0.3, 0.4) is 0 Å². The normalized spacial score (nSPS) is 10.4. The maximum Gasteiger partial charge on any atom is 0.132 e. The van der Waals surface area contributed by atoms with Crippen LogP contribution in [0.2, 0.25) is 0 Å². The number of hydrogen-bond donors (Lipinski definition) is 0. The Balaban J connectivity index is 0.00000117. The fraction of sp³-hybridized carbons (Fsp3) is 0.286. The van der Waals surface area contributed by atoms with E-state index in [1.54, 1.807) is 24.3 Å². The van der Waals surface area contributed by atoms with E-state index in [1.165, 1.54) is 4.90 Å². The Morgan fingerprint density at radius 1 is 1.08 bits per heavy atom. The van der Waals surface area contributed by atoms with Gasteiger partial charge in [-0.3, -0.25) is 0 Å². The Kier molecular flexibility index (Phi) is 7.75. The summed E-state index contributed by atoms with van der Waals surface area (Å²) in [5.74, 6) is 1.73. The van der Waals surface area contributed by atoms with Crippen molar-refractivity contribution in [1.29, 1.82) is 0 Å². The van der Waals surface area contributed by atoms with Gasteiger partial charge in [0.15, 0.2) is 0 Å². The molecule has 3 aromatic rings. The Morgan fingerprint density at radius 3 is 2.38 bits per heavy atom. The Morgan fingerprint density at radius 2 is 1.81 bits per heavy atom. The monoisotopic (exact) mass is 369 g/mol. The second-order valence-corrected chi connectivity index (χ2v) is 6.66. The minimum Gasteiger partial charge on any atom is -0.457 e. The van der Waals surface area contributed by atoms with Crippen molar-refractivity contribution in [2.75, 3.05) is 20.4 Å². The van der Waals surface area contributed by atoms with Crippen molar-refractivity contribution >= 4 is 11.8 Å². The smallest absolute Gasteiger partial charge is 0.132 e. The predicted octanol–water partition coefficient (Wildman–Crippen LogP) is 5.47. The van der Waals surface area contributed by atoms with E-state index in [1.807, 2.05) is 48.9 Å². The van der Waals surface area contributed by atoms with Crippen LogP contribution in [0.25, 0.3) is 5.69 Å². The molecule has 1 heterocycles. The molecule has 26 heavy (non-hydrogen) atoms. The standard InChI is InChI=1S/C19H21N3OS.C2H6/c1-21(2)13-15-12-16(22-11-10-20-14-22)4-9-19(15)23-17-5-7-18(24-3)8-6-17;1-2/h4-12,14H,13H2,1-3H3;1-2H3. The van der Waals surface area contributed by atoms with Gasteiger partial charge in [0, 0.05) is 35.1 Å². The maximum absolute atomic E-state index is 6.12. The third-order valence-corrected chi connectivity index (χ3v) is 4.36. The second-order valence-electron chi connectivity index (χ2n) is 5.78. The van der Waals surface area contributed by atoms with Crippen LogP contribution in [-0.2, 0) is 6.54 Å². The van der Waals surface area contributed by atoms with Gasteiger partial charge in [-0.05, 0) is 62.8 Å². The van der Waals surface area contributed by atoms with E-state index in [0.717, 1.165) is 29.3 Å². The van der Waals surface area contributed by atoms with E-state index < -0.39 is 0 Å². The van der Waals surface area contributed by atoms with Crippen LogP contribution >= 0.6 is 11.8 Å². The summed E-state index contributed by atoms with van der Waals surface area (Å²) in [5.41, 5.74) is 2.22. The fourth-order valence-electron chi connectivity index (χ4n) is 2.47. The molecule has 138 valence electrons. The topological polar surface area (TPSA) is 30.3 Å². The summed E-state index contributed by atoms with van der Waals surface area (Å²) < 4.78 is 8.12. The average molecular weight is 370 g/mol. The largest absolute Gasteiger partial charge is 0.457 e. The van der Waals surface area contributed by atoms with E-state index in [2.05, 4.69) is 48.4 Å². The van der Waals surface area contributed by atoms with Crippen LogP contribution in [0.4, 0.5) is 0 Å². The Labute approximate surface area is 160 Å². The van der Waals surface area contributed by atoms with Gasteiger partial charge in [-0.15, -0.1) is 11.8 Å². The zero-order valence-electron chi connectivity index (χ0n) is 16.1. The summed E-state index contributed by atoms with van der Waals surface area (Å²) in [6.45, 7) is 4.81. The highest BCUT2D eigenvalue weighted by molar-refractivity contribution is 7.98. The average Bonchev–Trinajstić information content (AvgIpc) is 3.20. The lowest BCUT2D eigenvalue weighted by atomic mass is 10.1. The van der Waals surface area contributed by atoms with Gasteiger partial charge in [0.1, 0.15) is 11.5 Å². The molecule has 0 amide bonds. The molecule has 0 fully saturated rings. The van der Waals surface area contributed by atoms with Gasteiger partial charge < -0.3 is 14.2 Å². The summed E-state index contributed by atoms with van der Waals surface area (Å²) in [7, 11) is 4.11. The fourth-order valence-corrected chi connectivity index (χ4v) is 2.88. The number of benzene rings is 2. The second kappa shape index (κ2) is 10.0. The molecule has 0 bridgehead atoms. The van der Waals surface area contributed by atoms with Crippen molar-refractivity contribution in [3.63, 3.8) is 0 Å². The van der Waals surface area contributed by atoms with E-state index in [9.17, 15) is 0 Å². The van der Waals surface area contributed by atoms with Gasteiger partial charge in [0.05, 0.1) is 6.33 Å². The Hall–Kier alpha value is -2.24. The highest BCUT2D eigenvalue weighted by Crippen LogP contribution is 2.29. The molecule has 0 radical (unpaired) electrons. The van der Waals surface area contributed by atoms with E-state index in [-0.39, 0.29) is 0 Å². The quantitative estimate of drug-likeness (QED) is 0.539. The Bertz CT molecular complexity index is 784. The number of ether oxygens (including phenoxy) is 1. The highest BCUT2D eigenvalue weighted by Gasteiger charge is 2.09. The molecule has 0 atom stereocenters. The highest BCUT2D eigenvalue weighted by atomic mass is 32.2. The van der Waals surface area contributed by atoms with Gasteiger partial charge in [-0.25, -0.2) is 4.98 Å². The van der Waals surface area contributed by atoms with Gasteiger partial charge >= 0.3 is 0 Å². The maximum atomic E-state index is 6.12. The molecule has 0 saturated heterocycles. The lowest BCUT2D eigenvalue weighted by Crippen LogP contribution is -2.12. The van der Waals surface area contributed by atoms with E-state index in [0.29, 0.717) is 0 Å². The summed E-state index contributed by atoms with van der Waals surface area (Å²) in [4.78, 5) is 7.48. The number of thioether (sulfide) groups is 1. The van der Waals surface area contributed by atoms with Crippen LogP contribution in [0.15, 0.2) is 66.1 Å². The minimum atomic E-state index is 0.806. The minimum absolute atomic E-state index is 0.806. The van der Waals surface area contributed by atoms with Crippen molar-refractivity contribution < 1.29 is 4.74 Å². The number of aromatic nitrogens is 2.